The van der Waals surface area contributed by atoms with Gasteiger partial charge in [-0.2, -0.15) is 0 Å². The second-order valence-electron chi connectivity index (χ2n) is 6.97. The number of rotatable bonds is 7. The fourth-order valence-electron chi connectivity index (χ4n) is 3.33. The average Bonchev–Trinajstić information content (AvgIpc) is 3.21. The SMILES string of the molecule is COc1cc(Nc2ncc3ccc(-c4ccc(S(C)(=O)=O)cc4)n3n2)cc(OC)c1OC. The lowest BCUT2D eigenvalue weighted by Gasteiger charge is -2.14. The van der Waals surface area contributed by atoms with E-state index in [0.717, 1.165) is 16.8 Å². The molecule has 2 aromatic carbocycles. The molecule has 0 aliphatic heterocycles. The average molecular weight is 455 g/mol. The first-order chi connectivity index (χ1) is 15.3. The Morgan fingerprint density at radius 1 is 0.906 bits per heavy atom. The van der Waals surface area contributed by atoms with Gasteiger partial charge in [-0.25, -0.2) is 17.9 Å². The topological polar surface area (TPSA) is 104 Å². The fourth-order valence-corrected chi connectivity index (χ4v) is 3.96. The Balaban J connectivity index is 1.71. The van der Waals surface area contributed by atoms with Crippen LogP contribution in [0.25, 0.3) is 16.8 Å². The lowest BCUT2D eigenvalue weighted by Crippen LogP contribution is -2.04. The molecule has 0 unspecified atom stereocenters. The molecule has 10 heteroatoms. The summed E-state index contributed by atoms with van der Waals surface area (Å²) in [5, 5.41) is 7.75. The quantitative estimate of drug-likeness (QED) is 0.452. The van der Waals surface area contributed by atoms with Crippen molar-refractivity contribution in [3.05, 3.63) is 54.7 Å². The normalized spacial score (nSPS) is 11.4. The highest BCUT2D eigenvalue weighted by Crippen LogP contribution is 2.40. The highest BCUT2D eigenvalue weighted by Gasteiger charge is 2.15. The molecule has 9 nitrogen and oxygen atoms in total. The second kappa shape index (κ2) is 8.39. The molecule has 0 spiro atoms. The van der Waals surface area contributed by atoms with Crippen molar-refractivity contribution in [1.29, 1.82) is 0 Å². The molecule has 2 heterocycles. The Hall–Kier alpha value is -3.79. The Morgan fingerprint density at radius 3 is 2.12 bits per heavy atom. The molecule has 0 aliphatic rings. The zero-order valence-corrected chi connectivity index (χ0v) is 18.8. The lowest BCUT2D eigenvalue weighted by atomic mass is 10.2. The molecular weight excluding hydrogens is 432 g/mol. The third-order valence-corrected chi connectivity index (χ3v) is 6.03. The standard InChI is InChI=1S/C22H22N4O5S/c1-29-19-11-15(12-20(30-2)21(19)31-3)24-22-23-13-16-7-10-18(26(16)25-22)14-5-8-17(9-6-14)32(4,27)28/h5-13H,1-4H3,(H,24,25). The molecule has 0 fully saturated rings. The third kappa shape index (κ3) is 4.04. The van der Waals surface area contributed by atoms with Gasteiger partial charge in [-0.15, -0.1) is 5.10 Å². The number of nitrogens with zero attached hydrogens (tertiary/aromatic N) is 3. The fraction of sp³-hybridized carbons (Fsp3) is 0.182. The second-order valence-corrected chi connectivity index (χ2v) is 8.99. The summed E-state index contributed by atoms with van der Waals surface area (Å²) in [7, 11) is 1.37. The summed E-state index contributed by atoms with van der Waals surface area (Å²) >= 11 is 0. The first-order valence-corrected chi connectivity index (χ1v) is 11.5. The Morgan fingerprint density at radius 2 is 1.56 bits per heavy atom. The van der Waals surface area contributed by atoms with E-state index in [2.05, 4.69) is 15.4 Å². The lowest BCUT2D eigenvalue weighted by molar-refractivity contribution is 0.324. The van der Waals surface area contributed by atoms with Gasteiger partial charge in [-0.3, -0.25) is 0 Å². The smallest absolute Gasteiger partial charge is 0.245 e. The molecule has 0 saturated heterocycles. The van der Waals surface area contributed by atoms with Gasteiger partial charge in [0.05, 0.1) is 43.6 Å². The van der Waals surface area contributed by atoms with E-state index in [1.807, 2.05) is 12.1 Å². The summed E-state index contributed by atoms with van der Waals surface area (Å²) in [4.78, 5) is 4.64. The molecule has 4 aromatic rings. The maximum absolute atomic E-state index is 11.7. The highest BCUT2D eigenvalue weighted by molar-refractivity contribution is 7.90. The molecule has 2 aromatic heterocycles. The van der Waals surface area contributed by atoms with Crippen LogP contribution < -0.4 is 19.5 Å². The highest BCUT2D eigenvalue weighted by atomic mass is 32.2. The van der Waals surface area contributed by atoms with Crippen LogP contribution in [0.5, 0.6) is 17.2 Å². The third-order valence-electron chi connectivity index (χ3n) is 4.90. The first-order valence-electron chi connectivity index (χ1n) is 9.56. The molecule has 0 aliphatic carbocycles. The summed E-state index contributed by atoms with van der Waals surface area (Å²) < 4.78 is 41.3. The summed E-state index contributed by atoms with van der Waals surface area (Å²) in [6.07, 6.45) is 2.88. The van der Waals surface area contributed by atoms with Gasteiger partial charge in [0.1, 0.15) is 0 Å². The zero-order valence-electron chi connectivity index (χ0n) is 18.0. The van der Waals surface area contributed by atoms with Crippen LogP contribution in [-0.4, -0.2) is 50.6 Å². The predicted octanol–water partition coefficient (Wildman–Crippen LogP) is 3.57. The molecule has 1 N–H and O–H groups in total. The maximum atomic E-state index is 11.7. The van der Waals surface area contributed by atoms with Gasteiger partial charge in [0.25, 0.3) is 0 Å². The van der Waals surface area contributed by atoms with Crippen molar-refractivity contribution in [2.24, 2.45) is 0 Å². The minimum atomic E-state index is -3.26. The first kappa shape index (κ1) is 21.4. The number of hydrogen-bond donors (Lipinski definition) is 1. The number of hydrogen-bond acceptors (Lipinski definition) is 8. The van der Waals surface area contributed by atoms with Crippen LogP contribution in [0.2, 0.25) is 0 Å². The molecule has 4 rings (SSSR count). The minimum Gasteiger partial charge on any atom is -0.493 e. The van der Waals surface area contributed by atoms with Crippen LogP contribution >= 0.6 is 0 Å². The number of benzene rings is 2. The van der Waals surface area contributed by atoms with Crippen LogP contribution in [0, 0.1) is 0 Å². The molecule has 0 bridgehead atoms. The molecule has 0 radical (unpaired) electrons. The van der Waals surface area contributed by atoms with Gasteiger partial charge in [0, 0.05) is 29.6 Å². The summed E-state index contributed by atoms with van der Waals surface area (Å²) in [6, 6.07) is 14.0. The number of fused-ring (bicyclic) bond motifs is 1. The van der Waals surface area contributed by atoms with E-state index in [1.165, 1.54) is 6.26 Å². The van der Waals surface area contributed by atoms with Gasteiger partial charge >= 0.3 is 0 Å². The zero-order chi connectivity index (χ0) is 22.9. The van der Waals surface area contributed by atoms with Gasteiger partial charge in [0.2, 0.25) is 11.7 Å². The number of methoxy groups -OCH3 is 3. The molecule has 0 amide bonds. The van der Waals surface area contributed by atoms with E-state index in [-0.39, 0.29) is 4.90 Å². The number of ether oxygens (including phenoxy) is 3. The predicted molar refractivity (Wildman–Crippen MR) is 121 cm³/mol. The van der Waals surface area contributed by atoms with E-state index in [1.54, 1.807) is 68.4 Å². The number of aromatic nitrogens is 3. The van der Waals surface area contributed by atoms with Crippen molar-refractivity contribution in [3.8, 4) is 28.5 Å². The molecule has 32 heavy (non-hydrogen) atoms. The molecular formula is C22H22N4O5S. The molecule has 166 valence electrons. The van der Waals surface area contributed by atoms with Crippen molar-refractivity contribution in [3.63, 3.8) is 0 Å². The van der Waals surface area contributed by atoms with Crippen molar-refractivity contribution < 1.29 is 22.6 Å². The Kier molecular flexibility index (Phi) is 5.62. The van der Waals surface area contributed by atoms with Crippen molar-refractivity contribution in [2.45, 2.75) is 4.90 Å². The van der Waals surface area contributed by atoms with Gasteiger partial charge in [-0.1, -0.05) is 12.1 Å². The summed E-state index contributed by atoms with van der Waals surface area (Å²) in [5.74, 6) is 1.85. The van der Waals surface area contributed by atoms with Crippen LogP contribution in [0.4, 0.5) is 11.6 Å². The van der Waals surface area contributed by atoms with Crippen molar-refractivity contribution in [2.75, 3.05) is 32.9 Å². The number of anilines is 2. The summed E-state index contributed by atoms with van der Waals surface area (Å²) in [5.41, 5.74) is 3.08. The van der Waals surface area contributed by atoms with Crippen LogP contribution in [0.1, 0.15) is 0 Å². The van der Waals surface area contributed by atoms with Crippen LogP contribution in [-0.2, 0) is 9.84 Å². The van der Waals surface area contributed by atoms with E-state index in [9.17, 15) is 8.42 Å². The van der Waals surface area contributed by atoms with Crippen molar-refractivity contribution in [1.82, 2.24) is 14.6 Å². The maximum Gasteiger partial charge on any atom is 0.245 e. The Bertz CT molecular complexity index is 1360. The minimum absolute atomic E-state index is 0.265. The number of sulfone groups is 1. The van der Waals surface area contributed by atoms with Crippen LogP contribution in [0.3, 0.4) is 0 Å². The largest absolute Gasteiger partial charge is 0.493 e. The number of nitrogens with one attached hydrogen (secondary N) is 1. The van der Waals surface area contributed by atoms with Crippen LogP contribution in [0.15, 0.2) is 59.6 Å². The summed E-state index contributed by atoms with van der Waals surface area (Å²) in [6.45, 7) is 0. The van der Waals surface area contributed by atoms with Crippen molar-refractivity contribution >= 4 is 27.0 Å². The van der Waals surface area contributed by atoms with E-state index in [0.29, 0.717) is 28.9 Å². The van der Waals surface area contributed by atoms with Gasteiger partial charge in [0.15, 0.2) is 21.3 Å². The van der Waals surface area contributed by atoms with E-state index in [4.69, 9.17) is 14.2 Å². The van der Waals surface area contributed by atoms with Gasteiger partial charge < -0.3 is 19.5 Å². The van der Waals surface area contributed by atoms with Gasteiger partial charge in [-0.05, 0) is 24.3 Å². The molecule has 0 saturated carbocycles. The molecule has 0 atom stereocenters. The Labute approximate surface area is 185 Å². The van der Waals surface area contributed by atoms with E-state index < -0.39 is 9.84 Å². The monoisotopic (exact) mass is 454 g/mol. The van der Waals surface area contributed by atoms with E-state index >= 15 is 0 Å².